The Hall–Kier alpha value is -0.740. The van der Waals surface area contributed by atoms with Crippen molar-refractivity contribution in [3.63, 3.8) is 0 Å². The predicted octanol–water partition coefficient (Wildman–Crippen LogP) is 1.99. The van der Waals surface area contributed by atoms with Crippen LogP contribution in [0.1, 0.15) is 105 Å². The molecule has 2 aliphatic heterocycles. The lowest BCUT2D eigenvalue weighted by molar-refractivity contribution is -0.355. The van der Waals surface area contributed by atoms with Gasteiger partial charge in [0.25, 0.3) is 0 Å². The SMILES string of the molecule is CC(C)CCC[C@@H](C)[C@H]1CC[C@H]2[C@@H]3CC=C4C[C@@H](O)CC[C@]4(C)[C@H]3CC[C@]12C.OC[C@H]1O[C@@H](O[C@H]2[C@H](O)[C@@H](O)[C@H](O)O[C@@H]2CO)[C@H](O)[C@@H](O)[C@H]1O. The van der Waals surface area contributed by atoms with Crippen LogP contribution in [0.4, 0.5) is 0 Å². The predicted molar refractivity (Wildman–Crippen MR) is 188 cm³/mol. The van der Waals surface area contributed by atoms with Crippen LogP contribution in [0, 0.1) is 46.3 Å². The molecule has 0 radical (unpaired) electrons. The summed E-state index contributed by atoms with van der Waals surface area (Å²) in [5.41, 5.74) is 2.60. The molecule has 0 amide bonds. The van der Waals surface area contributed by atoms with E-state index >= 15 is 0 Å². The minimum atomic E-state index is -1.74. The van der Waals surface area contributed by atoms with Gasteiger partial charge in [0.15, 0.2) is 12.6 Å². The molecule has 18 atom stereocenters. The summed E-state index contributed by atoms with van der Waals surface area (Å²) in [5.74, 6) is 5.46. The van der Waals surface area contributed by atoms with E-state index in [1.54, 1.807) is 5.57 Å². The van der Waals surface area contributed by atoms with Gasteiger partial charge in [-0.1, -0.05) is 65.5 Å². The molecule has 3 saturated carbocycles. The fourth-order valence-electron chi connectivity index (χ4n) is 11.2. The lowest BCUT2D eigenvalue weighted by Crippen LogP contribution is -2.64. The van der Waals surface area contributed by atoms with Gasteiger partial charge in [-0.15, -0.1) is 0 Å². The van der Waals surface area contributed by atoms with Crippen molar-refractivity contribution in [2.75, 3.05) is 13.2 Å². The minimum absolute atomic E-state index is 0.0766. The van der Waals surface area contributed by atoms with E-state index < -0.39 is 74.6 Å². The van der Waals surface area contributed by atoms with Crippen molar-refractivity contribution in [2.45, 2.75) is 173 Å². The first-order chi connectivity index (χ1) is 24.1. The van der Waals surface area contributed by atoms with Crippen molar-refractivity contribution in [2.24, 2.45) is 46.3 Å². The average Bonchev–Trinajstić information content (AvgIpc) is 3.46. The maximum atomic E-state index is 10.2. The highest BCUT2D eigenvalue weighted by molar-refractivity contribution is 5.25. The quantitative estimate of drug-likeness (QED) is 0.156. The molecule has 2 heterocycles. The smallest absolute Gasteiger partial charge is 0.187 e. The molecule has 0 aromatic rings. The Morgan fingerprint density at radius 1 is 0.765 bits per heavy atom. The average molecular weight is 729 g/mol. The number of aliphatic hydroxyl groups is 9. The monoisotopic (exact) mass is 728 g/mol. The molecule has 12 heteroatoms. The molecule has 0 spiro atoms. The molecule has 51 heavy (non-hydrogen) atoms. The van der Waals surface area contributed by atoms with E-state index in [2.05, 4.69) is 40.7 Å². The summed E-state index contributed by atoms with van der Waals surface area (Å²) >= 11 is 0. The van der Waals surface area contributed by atoms with Crippen LogP contribution in [0.25, 0.3) is 0 Å². The zero-order valence-corrected chi connectivity index (χ0v) is 31.3. The number of hydrogen-bond donors (Lipinski definition) is 9. The van der Waals surface area contributed by atoms with E-state index in [-0.39, 0.29) is 6.10 Å². The molecule has 6 rings (SSSR count). The third-order valence-corrected chi connectivity index (χ3v) is 14.3. The zero-order valence-electron chi connectivity index (χ0n) is 31.3. The molecule has 0 bridgehead atoms. The molecule has 6 aliphatic rings. The van der Waals surface area contributed by atoms with Gasteiger partial charge in [-0.3, -0.25) is 0 Å². The largest absolute Gasteiger partial charge is 0.394 e. The van der Waals surface area contributed by atoms with Crippen LogP contribution in [-0.4, -0.2) is 127 Å². The van der Waals surface area contributed by atoms with Crippen molar-refractivity contribution < 1.29 is 60.2 Å². The molecule has 12 nitrogen and oxygen atoms in total. The fraction of sp³-hybridized carbons (Fsp3) is 0.949. The van der Waals surface area contributed by atoms with Gasteiger partial charge in [0.2, 0.25) is 0 Å². The first-order valence-electron chi connectivity index (χ1n) is 19.7. The highest BCUT2D eigenvalue weighted by Crippen LogP contribution is 2.67. The fourth-order valence-corrected chi connectivity index (χ4v) is 11.2. The molecule has 0 aromatic heterocycles. The number of hydrogen-bond acceptors (Lipinski definition) is 12. The molecular weight excluding hydrogens is 660 g/mol. The van der Waals surface area contributed by atoms with Gasteiger partial charge in [0.1, 0.15) is 48.8 Å². The summed E-state index contributed by atoms with van der Waals surface area (Å²) in [6.07, 6.45) is 1.59. The van der Waals surface area contributed by atoms with Crippen molar-refractivity contribution in [1.29, 1.82) is 0 Å². The van der Waals surface area contributed by atoms with Crippen LogP contribution in [-0.2, 0) is 14.2 Å². The van der Waals surface area contributed by atoms with Gasteiger partial charge in [-0.05, 0) is 97.7 Å². The van der Waals surface area contributed by atoms with Crippen LogP contribution in [0.2, 0.25) is 0 Å². The molecule has 2 saturated heterocycles. The van der Waals surface area contributed by atoms with Crippen LogP contribution in [0.15, 0.2) is 11.6 Å². The highest BCUT2D eigenvalue weighted by atomic mass is 16.7. The molecule has 0 aromatic carbocycles. The van der Waals surface area contributed by atoms with Gasteiger partial charge in [0.05, 0.1) is 19.3 Å². The Morgan fingerprint density at radius 3 is 2.14 bits per heavy atom. The van der Waals surface area contributed by atoms with Gasteiger partial charge in [0, 0.05) is 0 Å². The van der Waals surface area contributed by atoms with Crippen LogP contribution >= 0.6 is 0 Å². The Morgan fingerprint density at radius 2 is 1.47 bits per heavy atom. The van der Waals surface area contributed by atoms with Crippen molar-refractivity contribution in [1.82, 2.24) is 0 Å². The minimum Gasteiger partial charge on any atom is -0.394 e. The molecule has 296 valence electrons. The summed E-state index contributed by atoms with van der Waals surface area (Å²) < 4.78 is 15.3. The number of ether oxygens (including phenoxy) is 3. The Labute approximate surface area is 303 Å². The van der Waals surface area contributed by atoms with Crippen LogP contribution in [0.5, 0.6) is 0 Å². The van der Waals surface area contributed by atoms with Crippen molar-refractivity contribution >= 4 is 0 Å². The molecule has 9 N–H and O–H groups in total. The second-order valence-electron chi connectivity index (χ2n) is 17.7. The zero-order chi connectivity index (χ0) is 37.4. The summed E-state index contributed by atoms with van der Waals surface area (Å²) in [4.78, 5) is 0. The summed E-state index contributed by atoms with van der Waals surface area (Å²) in [5, 5.41) is 86.7. The maximum absolute atomic E-state index is 10.2. The maximum Gasteiger partial charge on any atom is 0.187 e. The van der Waals surface area contributed by atoms with Gasteiger partial charge in [-0.2, -0.15) is 0 Å². The number of allylic oxidation sites excluding steroid dienone is 1. The lowest BCUT2D eigenvalue weighted by atomic mass is 9.47. The Bertz CT molecular complexity index is 1150. The summed E-state index contributed by atoms with van der Waals surface area (Å²) in [6.45, 7) is 11.2. The van der Waals surface area contributed by atoms with E-state index in [4.69, 9.17) is 19.3 Å². The first-order valence-corrected chi connectivity index (χ1v) is 19.7. The van der Waals surface area contributed by atoms with Crippen LogP contribution < -0.4 is 0 Å². The van der Waals surface area contributed by atoms with E-state index in [9.17, 15) is 40.9 Å². The van der Waals surface area contributed by atoms with E-state index in [0.717, 1.165) is 48.3 Å². The van der Waals surface area contributed by atoms with Crippen molar-refractivity contribution in [3.05, 3.63) is 11.6 Å². The molecule has 0 unspecified atom stereocenters. The first kappa shape index (κ1) is 41.4. The van der Waals surface area contributed by atoms with E-state index in [1.807, 2.05) is 0 Å². The topological polar surface area (TPSA) is 210 Å². The van der Waals surface area contributed by atoms with E-state index in [1.165, 1.54) is 57.8 Å². The van der Waals surface area contributed by atoms with Gasteiger partial charge < -0.3 is 60.2 Å². The third-order valence-electron chi connectivity index (χ3n) is 14.3. The standard InChI is InChI=1S/C27H46O.C12H22O11/c1-18(2)7-6-8-19(3)23-11-12-24-22-10-9-20-17-21(28)13-15-26(20,4)25(22)14-16-27(23,24)5;13-1-3-5(15)6(16)9(19)12(22-3)23-10-4(2-14)21-11(20)8(18)7(10)17/h9,18-19,21-25,28H,6-8,10-17H2,1-5H3;3-20H,1-2H2/t19-,21+,22+,23-,24+,25+,26+,27-;3-,4-,5+,6+,7-,8-,9-,10-,11-,12+/m11/s1. The lowest BCUT2D eigenvalue weighted by Gasteiger charge is -2.58. The molecule has 4 aliphatic carbocycles. The molecular formula is C39H68O12. The second kappa shape index (κ2) is 17.0. The van der Waals surface area contributed by atoms with Crippen LogP contribution in [0.3, 0.4) is 0 Å². The van der Waals surface area contributed by atoms with Gasteiger partial charge in [-0.25, -0.2) is 0 Å². The third kappa shape index (κ3) is 8.28. The summed E-state index contributed by atoms with van der Waals surface area (Å²) in [7, 11) is 0. The second-order valence-corrected chi connectivity index (χ2v) is 17.7. The Kier molecular flexibility index (Phi) is 13.8. The molecule has 5 fully saturated rings. The highest BCUT2D eigenvalue weighted by Gasteiger charge is 2.59. The number of fused-ring (bicyclic) bond motifs is 5. The summed E-state index contributed by atoms with van der Waals surface area (Å²) in [6, 6.07) is 0. The number of aliphatic hydroxyl groups excluding tert-OH is 9. The Balaban J connectivity index is 0.000000202. The van der Waals surface area contributed by atoms with Gasteiger partial charge >= 0.3 is 0 Å². The number of rotatable bonds is 9. The normalized spacial score (nSPS) is 48.8. The van der Waals surface area contributed by atoms with E-state index in [0.29, 0.717) is 10.8 Å². The van der Waals surface area contributed by atoms with Crippen molar-refractivity contribution in [3.8, 4) is 0 Å².